The number of nitrogens with zero attached hydrogens (tertiary/aromatic N) is 1. The fraction of sp³-hybridized carbons (Fsp3) is 0.600. The van der Waals surface area contributed by atoms with Crippen molar-refractivity contribution in [1.82, 2.24) is 9.88 Å². The normalized spacial score (nSPS) is 23.0. The number of rotatable bonds is 1. The topological polar surface area (TPSA) is 82.6 Å². The van der Waals surface area contributed by atoms with E-state index in [2.05, 4.69) is 4.98 Å². The Morgan fingerprint density at radius 2 is 2.14 bits per heavy atom. The molecule has 1 aromatic rings. The molecule has 1 aromatic heterocycles. The first-order valence-electron chi connectivity index (χ1n) is 7.11. The van der Waals surface area contributed by atoms with E-state index in [-0.39, 0.29) is 18.0 Å². The number of aliphatic hydroxyl groups is 1. The predicted molar refractivity (Wildman–Crippen MR) is 78.2 cm³/mol. The molecule has 0 aliphatic carbocycles. The van der Waals surface area contributed by atoms with Gasteiger partial charge in [0.1, 0.15) is 5.60 Å². The van der Waals surface area contributed by atoms with E-state index in [1.165, 1.54) is 11.0 Å². The Morgan fingerprint density at radius 3 is 2.67 bits per heavy atom. The summed E-state index contributed by atoms with van der Waals surface area (Å²) in [6.45, 7) is 6.20. The molecule has 6 nitrogen and oxygen atoms in total. The number of likely N-dealkylation sites (tertiary alicyclic amines) is 1. The predicted octanol–water partition coefficient (Wildman–Crippen LogP) is 1.46. The molecule has 1 aliphatic heterocycles. The van der Waals surface area contributed by atoms with Crippen molar-refractivity contribution in [3.8, 4) is 0 Å². The molecule has 0 bridgehead atoms. The molecule has 0 radical (unpaired) electrons. The highest BCUT2D eigenvalue weighted by Crippen LogP contribution is 2.28. The van der Waals surface area contributed by atoms with E-state index >= 15 is 0 Å². The zero-order valence-electron chi connectivity index (χ0n) is 12.6. The van der Waals surface area contributed by atoms with Crippen LogP contribution >= 0.6 is 0 Å². The molecular weight excluding hydrogens is 272 g/mol. The molecule has 0 saturated carbocycles. The third kappa shape index (κ3) is 4.07. The van der Waals surface area contributed by atoms with E-state index in [0.29, 0.717) is 13.0 Å². The smallest absolute Gasteiger partial charge is 0.410 e. The summed E-state index contributed by atoms with van der Waals surface area (Å²) in [5.74, 6) is -0.0828. The second kappa shape index (κ2) is 5.89. The molecule has 2 atom stereocenters. The summed E-state index contributed by atoms with van der Waals surface area (Å²) in [4.78, 5) is 27.2. The molecule has 21 heavy (non-hydrogen) atoms. The number of aliphatic hydroxyl groups excluding tert-OH is 1. The quantitative estimate of drug-likeness (QED) is 0.821. The summed E-state index contributed by atoms with van der Waals surface area (Å²) in [6.07, 6.45) is 1.19. The molecule has 1 amide bonds. The van der Waals surface area contributed by atoms with Gasteiger partial charge in [-0.1, -0.05) is 6.07 Å². The van der Waals surface area contributed by atoms with E-state index in [1.54, 1.807) is 12.3 Å². The van der Waals surface area contributed by atoms with Gasteiger partial charge in [-0.15, -0.1) is 0 Å². The average molecular weight is 294 g/mol. The fourth-order valence-corrected chi connectivity index (χ4v) is 2.47. The van der Waals surface area contributed by atoms with Gasteiger partial charge >= 0.3 is 6.09 Å². The highest BCUT2D eigenvalue weighted by Gasteiger charge is 2.33. The van der Waals surface area contributed by atoms with Gasteiger partial charge in [0.2, 0.25) is 5.56 Å². The number of aromatic amines is 1. The Balaban J connectivity index is 2.00. The number of piperidine rings is 1. The van der Waals surface area contributed by atoms with Gasteiger partial charge in [0.15, 0.2) is 0 Å². The summed E-state index contributed by atoms with van der Waals surface area (Å²) in [5, 5.41) is 10.3. The molecule has 1 fully saturated rings. The molecule has 2 N–H and O–H groups in total. The van der Waals surface area contributed by atoms with Crippen molar-refractivity contribution < 1.29 is 14.6 Å². The number of β-amino-alcohol motifs (C(OH)–C–C–N with tert-alkyl or cyclic N) is 1. The summed E-state index contributed by atoms with van der Waals surface area (Å²) in [5.41, 5.74) is 0.169. The van der Waals surface area contributed by atoms with Gasteiger partial charge in [-0.2, -0.15) is 0 Å². The summed E-state index contributed by atoms with van der Waals surface area (Å²) in [6, 6.07) is 3.16. The van der Waals surface area contributed by atoms with Crippen molar-refractivity contribution in [3.05, 3.63) is 34.2 Å². The van der Waals surface area contributed by atoms with Crippen LogP contribution < -0.4 is 5.56 Å². The van der Waals surface area contributed by atoms with Crippen LogP contribution in [0.1, 0.15) is 38.7 Å². The highest BCUT2D eigenvalue weighted by molar-refractivity contribution is 5.68. The number of hydrogen-bond acceptors (Lipinski definition) is 4. The Bertz CT molecular complexity index is 541. The second-order valence-corrected chi connectivity index (χ2v) is 6.38. The summed E-state index contributed by atoms with van der Waals surface area (Å²) < 4.78 is 5.31. The van der Waals surface area contributed by atoms with Crippen molar-refractivity contribution in [2.45, 2.75) is 44.8 Å². The Labute approximate surface area is 123 Å². The summed E-state index contributed by atoms with van der Waals surface area (Å²) in [7, 11) is 0. The zero-order chi connectivity index (χ0) is 15.6. The van der Waals surface area contributed by atoms with E-state index in [9.17, 15) is 14.7 Å². The van der Waals surface area contributed by atoms with Crippen LogP contribution in [0.4, 0.5) is 4.79 Å². The molecule has 0 spiro atoms. The zero-order valence-corrected chi connectivity index (χ0v) is 12.6. The maximum atomic E-state index is 12.0. The first-order valence-corrected chi connectivity index (χ1v) is 7.11. The Kier molecular flexibility index (Phi) is 4.37. The molecular formula is C15H22N2O4. The number of carbonyl (C=O) groups excluding carboxylic acids is 1. The molecule has 2 rings (SSSR count). The lowest BCUT2D eigenvalue weighted by atomic mass is 9.88. The fourth-order valence-electron chi connectivity index (χ4n) is 2.47. The van der Waals surface area contributed by atoms with Crippen LogP contribution in [0, 0.1) is 0 Å². The first-order chi connectivity index (χ1) is 9.76. The van der Waals surface area contributed by atoms with Crippen LogP contribution in [0.3, 0.4) is 0 Å². The highest BCUT2D eigenvalue weighted by atomic mass is 16.6. The number of amides is 1. The van der Waals surface area contributed by atoms with Crippen LogP contribution in [0.2, 0.25) is 0 Å². The van der Waals surface area contributed by atoms with E-state index < -0.39 is 17.8 Å². The average Bonchev–Trinajstić information content (AvgIpc) is 2.38. The molecule has 1 aliphatic rings. The molecule has 1 saturated heterocycles. The van der Waals surface area contributed by atoms with Crippen molar-refractivity contribution in [3.63, 3.8) is 0 Å². The molecule has 6 heteroatoms. The molecule has 2 unspecified atom stereocenters. The number of ether oxygens (including phenoxy) is 1. The number of carbonyl (C=O) groups is 1. The Hall–Kier alpha value is -1.82. The largest absolute Gasteiger partial charge is 0.444 e. The third-order valence-electron chi connectivity index (χ3n) is 3.47. The number of H-pyrrole nitrogens is 1. The summed E-state index contributed by atoms with van der Waals surface area (Å²) >= 11 is 0. The minimum absolute atomic E-state index is 0.0828. The Morgan fingerprint density at radius 1 is 1.43 bits per heavy atom. The van der Waals surface area contributed by atoms with Gasteiger partial charge in [-0.3, -0.25) is 4.79 Å². The molecule has 0 aromatic carbocycles. The number of aromatic nitrogens is 1. The second-order valence-electron chi connectivity index (χ2n) is 6.38. The van der Waals surface area contributed by atoms with Crippen LogP contribution in [-0.2, 0) is 4.74 Å². The minimum Gasteiger partial charge on any atom is -0.444 e. The van der Waals surface area contributed by atoms with Crippen LogP contribution in [0.25, 0.3) is 0 Å². The molecule has 116 valence electrons. The van der Waals surface area contributed by atoms with Gasteiger partial charge in [0.05, 0.1) is 12.6 Å². The number of nitrogens with one attached hydrogen (secondary N) is 1. The van der Waals surface area contributed by atoms with Crippen LogP contribution in [0.15, 0.2) is 23.1 Å². The van der Waals surface area contributed by atoms with Gasteiger partial charge < -0.3 is 19.7 Å². The minimum atomic E-state index is -0.669. The standard InChI is InChI=1S/C15H22N2O4/c1-15(2,3)21-14(20)17-7-6-11(12(18)9-17)10-4-5-13(19)16-8-10/h4-5,8,11-12,18H,6-7,9H2,1-3H3,(H,16,19). The van der Waals surface area contributed by atoms with Crippen LogP contribution in [0.5, 0.6) is 0 Å². The lowest BCUT2D eigenvalue weighted by Crippen LogP contribution is -2.47. The van der Waals surface area contributed by atoms with E-state index in [1.807, 2.05) is 20.8 Å². The van der Waals surface area contributed by atoms with Gasteiger partial charge in [-0.25, -0.2) is 4.79 Å². The number of pyridine rings is 1. The van der Waals surface area contributed by atoms with Crippen LogP contribution in [-0.4, -0.2) is 45.9 Å². The maximum absolute atomic E-state index is 12.0. The van der Waals surface area contributed by atoms with Gasteiger partial charge in [-0.05, 0) is 32.8 Å². The third-order valence-corrected chi connectivity index (χ3v) is 3.47. The first kappa shape index (κ1) is 15.6. The van der Waals surface area contributed by atoms with Crippen molar-refractivity contribution >= 4 is 6.09 Å². The number of hydrogen-bond donors (Lipinski definition) is 2. The van der Waals surface area contributed by atoms with E-state index in [4.69, 9.17) is 4.74 Å². The molecule has 2 heterocycles. The van der Waals surface area contributed by atoms with E-state index in [0.717, 1.165) is 5.56 Å². The maximum Gasteiger partial charge on any atom is 0.410 e. The van der Waals surface area contributed by atoms with Gasteiger partial charge in [0.25, 0.3) is 0 Å². The lowest BCUT2D eigenvalue weighted by Gasteiger charge is -2.36. The monoisotopic (exact) mass is 294 g/mol. The van der Waals surface area contributed by atoms with Gasteiger partial charge in [0, 0.05) is 24.7 Å². The SMILES string of the molecule is CC(C)(C)OC(=O)N1CCC(c2ccc(=O)[nH]c2)C(O)C1. The van der Waals surface area contributed by atoms with Crippen molar-refractivity contribution in [2.24, 2.45) is 0 Å². The van der Waals surface area contributed by atoms with Crippen molar-refractivity contribution in [1.29, 1.82) is 0 Å². The lowest BCUT2D eigenvalue weighted by molar-refractivity contribution is -0.00154. The van der Waals surface area contributed by atoms with Crippen molar-refractivity contribution in [2.75, 3.05) is 13.1 Å².